The van der Waals surface area contributed by atoms with Crippen LogP contribution in [-0.2, 0) is 19.3 Å². The van der Waals surface area contributed by atoms with Crippen LogP contribution in [0, 0.1) is 5.82 Å². The van der Waals surface area contributed by atoms with Gasteiger partial charge in [-0.05, 0) is 68.3 Å². The standard InChI is InChI=1S/C30H28FN5O5S/c1-20-19-40-16-15-36(20)27-17-25(30(13-14-30)42(38,39)24-10-8-22(31)9-11-24)33-28(35-27)21-7-12-26(32-18-21)34-29(37)41-23-5-3-2-4-6-23/h2-12,17-18,20H,13-16,19H2,1H3,(H,32,34,37)/t20-/m0/s1. The van der Waals surface area contributed by atoms with E-state index in [-0.39, 0.29) is 16.8 Å². The fourth-order valence-corrected chi connectivity index (χ4v) is 6.92. The van der Waals surface area contributed by atoms with E-state index >= 15 is 0 Å². The molecule has 0 radical (unpaired) electrons. The highest BCUT2D eigenvalue weighted by molar-refractivity contribution is 7.92. The summed E-state index contributed by atoms with van der Waals surface area (Å²) in [6.45, 7) is 3.62. The minimum absolute atomic E-state index is 0.0125. The van der Waals surface area contributed by atoms with Crippen LogP contribution < -0.4 is 15.0 Å². The van der Waals surface area contributed by atoms with Crippen LogP contribution in [0.1, 0.15) is 25.5 Å². The number of carbonyl (C=O) groups excluding carboxylic acids is 1. The molecule has 3 heterocycles. The third kappa shape index (κ3) is 5.42. The zero-order valence-corrected chi connectivity index (χ0v) is 23.6. The zero-order valence-electron chi connectivity index (χ0n) is 22.7. The Morgan fingerprint density at radius 2 is 1.83 bits per heavy atom. The van der Waals surface area contributed by atoms with Crippen LogP contribution >= 0.6 is 0 Å². The van der Waals surface area contributed by atoms with E-state index in [4.69, 9.17) is 19.4 Å². The Hall–Kier alpha value is -4.42. The van der Waals surface area contributed by atoms with Gasteiger partial charge in [0, 0.05) is 24.4 Å². The van der Waals surface area contributed by atoms with Crippen molar-refractivity contribution in [2.45, 2.75) is 35.4 Å². The average Bonchev–Trinajstić information content (AvgIpc) is 3.81. The molecule has 1 amide bonds. The van der Waals surface area contributed by atoms with E-state index in [2.05, 4.69) is 15.2 Å². The first-order valence-corrected chi connectivity index (χ1v) is 15.0. The molecule has 1 saturated carbocycles. The van der Waals surface area contributed by atoms with Crippen LogP contribution in [-0.4, -0.2) is 55.3 Å². The Kier molecular flexibility index (Phi) is 7.33. The van der Waals surface area contributed by atoms with Crippen LogP contribution in [0.4, 0.5) is 20.8 Å². The van der Waals surface area contributed by atoms with Crippen molar-refractivity contribution in [1.29, 1.82) is 0 Å². The van der Waals surface area contributed by atoms with Gasteiger partial charge in [-0.25, -0.2) is 32.6 Å². The van der Waals surface area contributed by atoms with Gasteiger partial charge >= 0.3 is 6.09 Å². The van der Waals surface area contributed by atoms with Gasteiger partial charge in [-0.15, -0.1) is 0 Å². The molecule has 1 aliphatic carbocycles. The molecule has 1 saturated heterocycles. The largest absolute Gasteiger partial charge is 0.418 e. The van der Waals surface area contributed by atoms with Crippen molar-refractivity contribution in [2.75, 3.05) is 30.0 Å². The minimum Gasteiger partial charge on any atom is -0.410 e. The molecule has 216 valence electrons. The van der Waals surface area contributed by atoms with E-state index in [9.17, 15) is 17.6 Å². The number of morpholine rings is 1. The number of hydrogen-bond donors (Lipinski definition) is 1. The average molecular weight is 590 g/mol. The summed E-state index contributed by atoms with van der Waals surface area (Å²) in [5.74, 6) is 1.03. The maximum Gasteiger partial charge on any atom is 0.418 e. The lowest BCUT2D eigenvalue weighted by molar-refractivity contribution is 0.0985. The van der Waals surface area contributed by atoms with Crippen molar-refractivity contribution in [3.8, 4) is 17.1 Å². The van der Waals surface area contributed by atoms with Gasteiger partial charge in [0.1, 0.15) is 27.9 Å². The molecule has 6 rings (SSSR count). The fourth-order valence-electron chi connectivity index (χ4n) is 4.95. The highest BCUT2D eigenvalue weighted by atomic mass is 32.2. The molecule has 2 aromatic carbocycles. The number of carbonyl (C=O) groups is 1. The number of rotatable bonds is 7. The van der Waals surface area contributed by atoms with E-state index in [1.165, 1.54) is 18.3 Å². The Bertz CT molecular complexity index is 1700. The lowest BCUT2D eigenvalue weighted by Gasteiger charge is -2.34. The molecule has 1 aliphatic heterocycles. The van der Waals surface area contributed by atoms with Crippen LogP contribution in [0.5, 0.6) is 5.75 Å². The summed E-state index contributed by atoms with van der Waals surface area (Å²) in [5.41, 5.74) is 0.912. The van der Waals surface area contributed by atoms with Gasteiger partial charge in [-0.1, -0.05) is 18.2 Å². The topological polar surface area (TPSA) is 124 Å². The fraction of sp³-hybridized carbons (Fsp3) is 0.267. The van der Waals surface area contributed by atoms with E-state index in [0.29, 0.717) is 61.2 Å². The number of hydrogen-bond acceptors (Lipinski definition) is 9. The molecule has 2 fully saturated rings. The number of aromatic nitrogens is 3. The molecule has 2 aliphatic rings. The third-order valence-electron chi connectivity index (χ3n) is 7.39. The number of amides is 1. The van der Waals surface area contributed by atoms with Crippen molar-refractivity contribution < 1.29 is 27.1 Å². The summed E-state index contributed by atoms with van der Waals surface area (Å²) < 4.78 is 50.8. The van der Waals surface area contributed by atoms with Gasteiger partial charge in [0.05, 0.1) is 29.8 Å². The van der Waals surface area contributed by atoms with Crippen molar-refractivity contribution in [2.24, 2.45) is 0 Å². The van der Waals surface area contributed by atoms with Gasteiger partial charge in [-0.2, -0.15) is 0 Å². The second-order valence-electron chi connectivity index (χ2n) is 10.3. The zero-order chi connectivity index (χ0) is 29.3. The summed E-state index contributed by atoms with van der Waals surface area (Å²) in [6.07, 6.45) is 1.58. The molecule has 42 heavy (non-hydrogen) atoms. The normalized spacial score (nSPS) is 17.9. The predicted molar refractivity (Wildman–Crippen MR) is 153 cm³/mol. The number of sulfone groups is 1. The number of halogens is 1. The van der Waals surface area contributed by atoms with E-state index in [1.54, 1.807) is 42.5 Å². The number of ether oxygens (including phenoxy) is 2. The first kappa shape index (κ1) is 27.7. The Labute approximate surface area is 242 Å². The van der Waals surface area contributed by atoms with E-state index in [0.717, 1.165) is 12.1 Å². The summed E-state index contributed by atoms with van der Waals surface area (Å²) in [6, 6.07) is 18.6. The second-order valence-corrected chi connectivity index (χ2v) is 12.5. The molecule has 12 heteroatoms. The lowest BCUT2D eigenvalue weighted by Crippen LogP contribution is -2.44. The van der Waals surface area contributed by atoms with E-state index < -0.39 is 26.5 Å². The molecule has 0 spiro atoms. The van der Waals surface area contributed by atoms with Gasteiger partial charge in [0.2, 0.25) is 0 Å². The molecule has 2 aromatic heterocycles. The van der Waals surface area contributed by atoms with Crippen LogP contribution in [0.25, 0.3) is 11.4 Å². The lowest BCUT2D eigenvalue weighted by atomic mass is 10.2. The number of para-hydroxylation sites is 1. The number of nitrogens with one attached hydrogen (secondary N) is 1. The maximum atomic E-state index is 13.8. The van der Waals surface area contributed by atoms with Crippen LogP contribution in [0.3, 0.4) is 0 Å². The third-order valence-corrected chi connectivity index (χ3v) is 9.93. The van der Waals surface area contributed by atoms with Gasteiger partial charge < -0.3 is 14.4 Å². The van der Waals surface area contributed by atoms with Crippen LogP contribution in [0.15, 0.2) is 83.9 Å². The number of pyridine rings is 1. The smallest absolute Gasteiger partial charge is 0.410 e. The van der Waals surface area contributed by atoms with Gasteiger partial charge in [0.15, 0.2) is 15.7 Å². The molecule has 10 nitrogen and oxygen atoms in total. The first-order chi connectivity index (χ1) is 20.2. The highest BCUT2D eigenvalue weighted by Crippen LogP contribution is 2.55. The summed E-state index contributed by atoms with van der Waals surface area (Å²) in [5, 5.41) is 2.58. The SMILES string of the molecule is C[C@H]1COCCN1c1cc(C2(S(=O)(=O)c3ccc(F)cc3)CC2)nc(-c2ccc(NC(=O)Oc3ccccc3)nc2)n1. The molecule has 0 bridgehead atoms. The van der Waals surface area contributed by atoms with Gasteiger partial charge in [0.25, 0.3) is 0 Å². The monoisotopic (exact) mass is 589 g/mol. The Morgan fingerprint density at radius 3 is 2.50 bits per heavy atom. The first-order valence-electron chi connectivity index (χ1n) is 13.5. The molecule has 1 atom stereocenters. The van der Waals surface area contributed by atoms with E-state index in [1.807, 2.05) is 13.0 Å². The second kappa shape index (κ2) is 11.1. The predicted octanol–water partition coefficient (Wildman–Crippen LogP) is 4.98. The van der Waals surface area contributed by atoms with Crippen molar-refractivity contribution >= 4 is 27.6 Å². The summed E-state index contributed by atoms with van der Waals surface area (Å²) >= 11 is 0. The Morgan fingerprint density at radius 1 is 1.07 bits per heavy atom. The molecule has 0 unspecified atom stereocenters. The molecular weight excluding hydrogens is 561 g/mol. The summed E-state index contributed by atoms with van der Waals surface area (Å²) in [7, 11) is -3.88. The Balaban J connectivity index is 1.33. The molecule has 4 aromatic rings. The molecule has 1 N–H and O–H groups in total. The highest BCUT2D eigenvalue weighted by Gasteiger charge is 2.58. The maximum absolute atomic E-state index is 13.8. The quantitative estimate of drug-likeness (QED) is 0.297. The summed E-state index contributed by atoms with van der Waals surface area (Å²) in [4.78, 5) is 28.3. The van der Waals surface area contributed by atoms with Crippen molar-refractivity contribution in [3.63, 3.8) is 0 Å². The number of nitrogens with zero attached hydrogens (tertiary/aromatic N) is 4. The van der Waals surface area contributed by atoms with Gasteiger partial charge in [-0.3, -0.25) is 5.32 Å². The van der Waals surface area contributed by atoms with Crippen molar-refractivity contribution in [1.82, 2.24) is 15.0 Å². The number of benzene rings is 2. The van der Waals surface area contributed by atoms with Crippen molar-refractivity contribution in [3.05, 3.63) is 90.5 Å². The minimum atomic E-state index is -3.88. The van der Waals surface area contributed by atoms with Crippen LogP contribution in [0.2, 0.25) is 0 Å². The molecular formula is C30H28FN5O5S. The number of anilines is 2.